The molecule has 1 aliphatic rings. The van der Waals surface area contributed by atoms with Crippen molar-refractivity contribution in [1.29, 1.82) is 0 Å². The Bertz CT molecular complexity index is 871. The SMILES string of the molecule is Cc1nc(C(N)=O)cc(=O)n1[C@@H](c1ccc(C(F)F)cc1)C1(C)CC1. The lowest BCUT2D eigenvalue weighted by molar-refractivity contribution is 0.0994. The predicted molar refractivity (Wildman–Crippen MR) is 88.6 cm³/mol. The Hall–Kier alpha value is -2.57. The number of amides is 1. The largest absolute Gasteiger partial charge is 0.364 e. The van der Waals surface area contributed by atoms with Crippen LogP contribution in [-0.4, -0.2) is 15.5 Å². The van der Waals surface area contributed by atoms with Gasteiger partial charge in [-0.2, -0.15) is 0 Å². The molecule has 0 bridgehead atoms. The molecule has 1 amide bonds. The van der Waals surface area contributed by atoms with Gasteiger partial charge in [-0.05, 0) is 30.7 Å². The van der Waals surface area contributed by atoms with E-state index in [-0.39, 0.29) is 28.3 Å². The minimum absolute atomic E-state index is 0.0604. The van der Waals surface area contributed by atoms with Gasteiger partial charge in [-0.3, -0.25) is 14.2 Å². The van der Waals surface area contributed by atoms with E-state index >= 15 is 0 Å². The second-order valence-electron chi connectivity index (χ2n) is 6.79. The van der Waals surface area contributed by atoms with Crippen molar-refractivity contribution in [1.82, 2.24) is 9.55 Å². The monoisotopic (exact) mass is 347 g/mol. The summed E-state index contributed by atoms with van der Waals surface area (Å²) in [7, 11) is 0. The number of nitrogens with zero attached hydrogens (tertiary/aromatic N) is 2. The van der Waals surface area contributed by atoms with Crippen LogP contribution in [0.4, 0.5) is 8.78 Å². The number of aromatic nitrogens is 2. The van der Waals surface area contributed by atoms with Crippen LogP contribution < -0.4 is 11.3 Å². The lowest BCUT2D eigenvalue weighted by Crippen LogP contribution is -2.34. The molecule has 3 rings (SSSR count). The van der Waals surface area contributed by atoms with E-state index in [0.717, 1.165) is 24.5 Å². The fraction of sp³-hybridized carbons (Fsp3) is 0.389. The first-order chi connectivity index (χ1) is 11.7. The summed E-state index contributed by atoms with van der Waals surface area (Å²) in [5, 5.41) is 0. The highest BCUT2D eigenvalue weighted by molar-refractivity contribution is 5.90. The lowest BCUT2D eigenvalue weighted by Gasteiger charge is -2.28. The summed E-state index contributed by atoms with van der Waals surface area (Å²) >= 11 is 0. The zero-order valence-corrected chi connectivity index (χ0v) is 14.0. The topological polar surface area (TPSA) is 78.0 Å². The molecular formula is C18H19F2N3O2. The molecule has 25 heavy (non-hydrogen) atoms. The number of primary amides is 1. The molecule has 132 valence electrons. The van der Waals surface area contributed by atoms with Gasteiger partial charge < -0.3 is 5.73 Å². The lowest BCUT2D eigenvalue weighted by atomic mass is 9.90. The van der Waals surface area contributed by atoms with Crippen molar-refractivity contribution in [2.45, 2.75) is 39.2 Å². The molecule has 5 nitrogen and oxygen atoms in total. The summed E-state index contributed by atoms with van der Waals surface area (Å²) in [4.78, 5) is 28.1. The molecule has 0 aliphatic heterocycles. The van der Waals surface area contributed by atoms with Crippen molar-refractivity contribution in [2.75, 3.05) is 0 Å². The van der Waals surface area contributed by atoms with E-state index in [1.54, 1.807) is 19.1 Å². The molecule has 1 fully saturated rings. The third kappa shape index (κ3) is 3.18. The maximum atomic E-state index is 12.8. The van der Waals surface area contributed by atoms with Crippen LogP contribution >= 0.6 is 0 Å². The number of benzene rings is 1. The molecular weight excluding hydrogens is 328 g/mol. The van der Waals surface area contributed by atoms with Crippen LogP contribution in [0.1, 0.15) is 59.7 Å². The number of halogens is 2. The normalized spacial score (nSPS) is 16.7. The van der Waals surface area contributed by atoms with E-state index in [1.165, 1.54) is 16.7 Å². The first-order valence-electron chi connectivity index (χ1n) is 8.01. The van der Waals surface area contributed by atoms with Crippen molar-refractivity contribution in [3.63, 3.8) is 0 Å². The van der Waals surface area contributed by atoms with Gasteiger partial charge in [-0.25, -0.2) is 13.8 Å². The van der Waals surface area contributed by atoms with Crippen molar-refractivity contribution in [3.8, 4) is 0 Å². The van der Waals surface area contributed by atoms with Gasteiger partial charge in [0, 0.05) is 11.6 Å². The third-order valence-electron chi connectivity index (χ3n) is 4.84. The fourth-order valence-corrected chi connectivity index (χ4v) is 3.20. The number of alkyl halides is 2. The zero-order valence-electron chi connectivity index (χ0n) is 14.0. The molecule has 7 heteroatoms. The molecule has 1 atom stereocenters. The number of rotatable bonds is 5. The summed E-state index contributed by atoms with van der Waals surface area (Å²) in [5.74, 6) is -0.389. The van der Waals surface area contributed by atoms with Gasteiger partial charge in [0.2, 0.25) is 0 Å². The second kappa shape index (κ2) is 6.06. The maximum absolute atomic E-state index is 12.8. The molecule has 0 unspecified atom stereocenters. The van der Waals surface area contributed by atoms with E-state index in [4.69, 9.17) is 5.73 Å². The quantitative estimate of drug-likeness (QED) is 0.903. The second-order valence-corrected chi connectivity index (χ2v) is 6.79. The Kier molecular flexibility index (Phi) is 4.18. The van der Waals surface area contributed by atoms with Gasteiger partial charge in [0.15, 0.2) is 0 Å². The van der Waals surface area contributed by atoms with Crippen LogP contribution in [0.3, 0.4) is 0 Å². The molecule has 1 aromatic carbocycles. The van der Waals surface area contributed by atoms with E-state index in [0.29, 0.717) is 5.82 Å². The van der Waals surface area contributed by atoms with Crippen molar-refractivity contribution in [2.24, 2.45) is 11.1 Å². The molecule has 2 N–H and O–H groups in total. The van der Waals surface area contributed by atoms with Gasteiger partial charge in [-0.15, -0.1) is 0 Å². The highest BCUT2D eigenvalue weighted by Crippen LogP contribution is 2.56. The van der Waals surface area contributed by atoms with Gasteiger partial charge in [0.1, 0.15) is 11.5 Å². The summed E-state index contributed by atoms with van der Waals surface area (Å²) in [6.45, 7) is 3.69. The van der Waals surface area contributed by atoms with E-state index in [9.17, 15) is 18.4 Å². The molecule has 1 heterocycles. The summed E-state index contributed by atoms with van der Waals surface area (Å²) in [6, 6.07) is 6.81. The first kappa shape index (κ1) is 17.3. The van der Waals surface area contributed by atoms with Crippen molar-refractivity contribution in [3.05, 3.63) is 63.3 Å². The minimum atomic E-state index is -2.54. The fourth-order valence-electron chi connectivity index (χ4n) is 3.20. The number of nitrogens with two attached hydrogens (primary N) is 1. The highest BCUT2D eigenvalue weighted by atomic mass is 19.3. The minimum Gasteiger partial charge on any atom is -0.364 e. The Morgan fingerprint density at radius 2 is 1.80 bits per heavy atom. The van der Waals surface area contributed by atoms with Crippen LogP contribution in [0, 0.1) is 12.3 Å². The van der Waals surface area contributed by atoms with Crippen LogP contribution in [0.5, 0.6) is 0 Å². The number of aryl methyl sites for hydroxylation is 1. The molecule has 2 aromatic rings. The first-order valence-corrected chi connectivity index (χ1v) is 8.01. The Morgan fingerprint density at radius 1 is 1.24 bits per heavy atom. The number of hydrogen-bond donors (Lipinski definition) is 1. The average molecular weight is 347 g/mol. The smallest absolute Gasteiger partial charge is 0.267 e. The molecule has 0 saturated heterocycles. The van der Waals surface area contributed by atoms with Crippen LogP contribution in [-0.2, 0) is 0 Å². The van der Waals surface area contributed by atoms with Gasteiger partial charge >= 0.3 is 0 Å². The van der Waals surface area contributed by atoms with Crippen LogP contribution in [0.25, 0.3) is 0 Å². The van der Waals surface area contributed by atoms with E-state index in [1.807, 2.05) is 6.92 Å². The van der Waals surface area contributed by atoms with Crippen molar-refractivity contribution < 1.29 is 13.6 Å². The molecule has 0 radical (unpaired) electrons. The molecule has 1 saturated carbocycles. The Morgan fingerprint density at radius 3 is 2.24 bits per heavy atom. The van der Waals surface area contributed by atoms with Crippen molar-refractivity contribution >= 4 is 5.91 Å². The van der Waals surface area contributed by atoms with Crippen LogP contribution in [0.2, 0.25) is 0 Å². The molecule has 0 spiro atoms. The standard InChI is InChI=1S/C18H19F2N3O2/c1-10-22-13(17(21)25)9-14(24)23(10)15(18(2)7-8-18)11-3-5-12(6-4-11)16(19)20/h3-6,9,15-16H,7-8H2,1-2H3,(H2,21,25)/t15-/m0/s1. The van der Waals surface area contributed by atoms with Gasteiger partial charge in [0.05, 0.1) is 6.04 Å². The number of carbonyl (C=O) groups is 1. The number of carbonyl (C=O) groups excluding carboxylic acids is 1. The Balaban J connectivity index is 2.12. The maximum Gasteiger partial charge on any atom is 0.267 e. The summed E-state index contributed by atoms with van der Waals surface area (Å²) in [6.07, 6.45) is -0.708. The summed E-state index contributed by atoms with van der Waals surface area (Å²) in [5.41, 5.74) is 5.31. The average Bonchev–Trinajstić information content (AvgIpc) is 3.29. The van der Waals surface area contributed by atoms with Crippen LogP contribution in [0.15, 0.2) is 35.1 Å². The highest BCUT2D eigenvalue weighted by Gasteiger charge is 2.47. The van der Waals surface area contributed by atoms with E-state index < -0.39 is 12.3 Å². The predicted octanol–water partition coefficient (Wildman–Crippen LogP) is 2.98. The van der Waals surface area contributed by atoms with Gasteiger partial charge in [-0.1, -0.05) is 31.2 Å². The zero-order chi connectivity index (χ0) is 18.4. The molecule has 1 aliphatic carbocycles. The molecule has 1 aromatic heterocycles. The summed E-state index contributed by atoms with van der Waals surface area (Å²) < 4.78 is 27.1. The number of hydrogen-bond acceptors (Lipinski definition) is 3. The third-order valence-corrected chi connectivity index (χ3v) is 4.84. The Labute approximate surface area is 143 Å². The van der Waals surface area contributed by atoms with E-state index in [2.05, 4.69) is 4.98 Å². The van der Waals surface area contributed by atoms with Gasteiger partial charge in [0.25, 0.3) is 17.9 Å².